The van der Waals surface area contributed by atoms with E-state index in [1.807, 2.05) is 43.3 Å². The number of rotatable bonds is 3. The second-order valence-corrected chi connectivity index (χ2v) is 5.95. The summed E-state index contributed by atoms with van der Waals surface area (Å²) in [5, 5.41) is 0.661. The fraction of sp³-hybridized carbons (Fsp3) is 0.143. The zero-order chi connectivity index (χ0) is 13.1. The van der Waals surface area contributed by atoms with Crippen LogP contribution in [0.25, 0.3) is 0 Å². The lowest BCUT2D eigenvalue weighted by molar-refractivity contribution is 0.682. The van der Waals surface area contributed by atoms with Crippen molar-refractivity contribution in [2.24, 2.45) is 0 Å². The van der Waals surface area contributed by atoms with E-state index >= 15 is 0 Å². The van der Waals surface area contributed by atoms with Crippen molar-refractivity contribution in [3.63, 3.8) is 0 Å². The Balaban J connectivity index is 2.25. The Bertz CT molecular complexity index is 598. The highest BCUT2D eigenvalue weighted by molar-refractivity contribution is 7.84. The van der Waals surface area contributed by atoms with Gasteiger partial charge in [0.05, 0.1) is 16.6 Å². The summed E-state index contributed by atoms with van der Waals surface area (Å²) in [7, 11) is -1.10. The Labute approximate surface area is 114 Å². The van der Waals surface area contributed by atoms with Crippen molar-refractivity contribution in [3.05, 3.63) is 58.6 Å². The summed E-state index contributed by atoms with van der Waals surface area (Å²) in [6, 6.07) is 12.9. The molecule has 18 heavy (non-hydrogen) atoms. The van der Waals surface area contributed by atoms with E-state index in [-0.39, 0.29) is 0 Å². The van der Waals surface area contributed by atoms with Crippen molar-refractivity contribution >= 4 is 28.1 Å². The molecule has 0 amide bonds. The molecule has 0 heterocycles. The van der Waals surface area contributed by atoms with Crippen molar-refractivity contribution in [2.45, 2.75) is 17.6 Å². The van der Waals surface area contributed by atoms with E-state index in [2.05, 4.69) is 0 Å². The molecule has 0 bridgehead atoms. The molecule has 0 fully saturated rings. The maximum atomic E-state index is 12.3. The van der Waals surface area contributed by atoms with Crippen LogP contribution in [0.5, 0.6) is 0 Å². The van der Waals surface area contributed by atoms with Crippen molar-refractivity contribution in [2.75, 3.05) is 5.73 Å². The minimum absolute atomic E-state index is 0.449. The Kier molecular flexibility index (Phi) is 4.04. The Morgan fingerprint density at radius 3 is 2.67 bits per heavy atom. The molecular weight excluding hydrogens is 266 g/mol. The smallest absolute Gasteiger partial charge is 0.0577 e. The van der Waals surface area contributed by atoms with Crippen molar-refractivity contribution in [1.82, 2.24) is 0 Å². The largest absolute Gasteiger partial charge is 0.398 e. The first kappa shape index (κ1) is 13.1. The minimum atomic E-state index is -1.10. The Morgan fingerprint density at radius 2 is 1.94 bits per heavy atom. The van der Waals surface area contributed by atoms with E-state index in [0.29, 0.717) is 16.5 Å². The summed E-state index contributed by atoms with van der Waals surface area (Å²) in [4.78, 5) is 0.787. The predicted octanol–water partition coefficient (Wildman–Crippen LogP) is 3.54. The molecule has 0 aromatic heterocycles. The quantitative estimate of drug-likeness (QED) is 0.874. The van der Waals surface area contributed by atoms with Crippen LogP contribution in [0, 0.1) is 6.92 Å². The average Bonchev–Trinajstić information content (AvgIpc) is 2.32. The first-order valence-corrected chi connectivity index (χ1v) is 7.25. The van der Waals surface area contributed by atoms with Crippen LogP contribution in [0.15, 0.2) is 47.4 Å². The van der Waals surface area contributed by atoms with E-state index in [9.17, 15) is 4.21 Å². The third-order valence-corrected chi connectivity index (χ3v) is 4.52. The zero-order valence-electron chi connectivity index (χ0n) is 10.0. The number of hydrogen-bond donors (Lipinski definition) is 1. The second kappa shape index (κ2) is 5.55. The number of anilines is 1. The maximum Gasteiger partial charge on any atom is 0.0577 e. The van der Waals surface area contributed by atoms with Crippen LogP contribution in [0.1, 0.15) is 11.1 Å². The lowest BCUT2D eigenvalue weighted by atomic mass is 10.2. The van der Waals surface area contributed by atoms with Gasteiger partial charge >= 0.3 is 0 Å². The number of nitrogen functional groups attached to an aromatic ring is 1. The van der Waals surface area contributed by atoms with Gasteiger partial charge in [0.25, 0.3) is 0 Å². The maximum absolute atomic E-state index is 12.3. The topological polar surface area (TPSA) is 43.1 Å². The third kappa shape index (κ3) is 2.92. The van der Waals surface area contributed by atoms with Crippen molar-refractivity contribution in [1.29, 1.82) is 0 Å². The molecule has 0 spiro atoms. The Morgan fingerprint density at radius 1 is 1.22 bits per heavy atom. The fourth-order valence-electron chi connectivity index (χ4n) is 1.73. The van der Waals surface area contributed by atoms with Crippen LogP contribution >= 0.6 is 11.6 Å². The van der Waals surface area contributed by atoms with E-state index in [0.717, 1.165) is 16.0 Å². The second-order valence-electron chi connectivity index (χ2n) is 4.09. The lowest BCUT2D eigenvalue weighted by Gasteiger charge is -2.08. The van der Waals surface area contributed by atoms with Gasteiger partial charge in [0, 0.05) is 15.6 Å². The molecule has 0 aliphatic rings. The fourth-order valence-corrected chi connectivity index (χ4v) is 3.27. The lowest BCUT2D eigenvalue weighted by Crippen LogP contribution is -2.01. The molecule has 0 radical (unpaired) electrons. The Hall–Kier alpha value is -1.32. The van der Waals surface area contributed by atoms with Crippen molar-refractivity contribution in [3.8, 4) is 0 Å². The number of benzene rings is 2. The first-order valence-electron chi connectivity index (χ1n) is 5.56. The van der Waals surface area contributed by atoms with Gasteiger partial charge in [-0.15, -0.1) is 0 Å². The van der Waals surface area contributed by atoms with Gasteiger partial charge in [-0.25, -0.2) is 0 Å². The van der Waals surface area contributed by atoms with Crippen LogP contribution in [-0.2, 0) is 16.6 Å². The van der Waals surface area contributed by atoms with Gasteiger partial charge in [0.15, 0.2) is 0 Å². The van der Waals surface area contributed by atoms with Crippen LogP contribution < -0.4 is 5.73 Å². The summed E-state index contributed by atoms with van der Waals surface area (Å²) in [6.07, 6.45) is 0. The summed E-state index contributed by atoms with van der Waals surface area (Å²) >= 11 is 5.91. The highest BCUT2D eigenvalue weighted by Gasteiger charge is 2.10. The summed E-state index contributed by atoms with van der Waals surface area (Å²) in [5.74, 6) is 0.449. The van der Waals surface area contributed by atoms with E-state index in [1.54, 1.807) is 6.07 Å². The molecule has 2 nitrogen and oxygen atoms in total. The minimum Gasteiger partial charge on any atom is -0.398 e. The van der Waals surface area contributed by atoms with Crippen LogP contribution in [0.2, 0.25) is 5.02 Å². The molecule has 1 unspecified atom stereocenters. The third-order valence-electron chi connectivity index (χ3n) is 2.76. The molecule has 1 atom stereocenters. The van der Waals surface area contributed by atoms with Gasteiger partial charge < -0.3 is 5.73 Å². The molecule has 94 valence electrons. The predicted molar refractivity (Wildman–Crippen MR) is 77.2 cm³/mol. The molecule has 2 aromatic carbocycles. The van der Waals surface area contributed by atoms with Gasteiger partial charge in [0.1, 0.15) is 0 Å². The molecule has 4 heteroatoms. The molecule has 2 rings (SSSR count). The zero-order valence-corrected chi connectivity index (χ0v) is 11.6. The highest BCUT2D eigenvalue weighted by Crippen LogP contribution is 2.22. The van der Waals surface area contributed by atoms with Gasteiger partial charge in [-0.1, -0.05) is 29.8 Å². The number of hydrogen-bond acceptors (Lipinski definition) is 2. The van der Waals surface area contributed by atoms with E-state index < -0.39 is 10.8 Å². The molecule has 2 aromatic rings. The molecular formula is C14H14ClNOS. The SMILES string of the molecule is Cc1c(N)cccc1S(=O)Cc1cccc(Cl)c1. The van der Waals surface area contributed by atoms with E-state index in [4.69, 9.17) is 17.3 Å². The van der Waals surface area contributed by atoms with Crippen molar-refractivity contribution < 1.29 is 4.21 Å². The van der Waals surface area contributed by atoms with Gasteiger partial charge in [0.2, 0.25) is 0 Å². The molecule has 0 aliphatic heterocycles. The molecule has 0 saturated heterocycles. The van der Waals surface area contributed by atoms with Gasteiger partial charge in [-0.05, 0) is 42.3 Å². The number of halogens is 1. The average molecular weight is 280 g/mol. The molecule has 2 N–H and O–H groups in total. The summed E-state index contributed by atoms with van der Waals surface area (Å²) in [6.45, 7) is 1.89. The van der Waals surface area contributed by atoms with Gasteiger partial charge in [-0.3, -0.25) is 4.21 Å². The molecule has 0 saturated carbocycles. The van der Waals surface area contributed by atoms with E-state index in [1.165, 1.54) is 0 Å². The van der Waals surface area contributed by atoms with Crippen LogP contribution in [-0.4, -0.2) is 4.21 Å². The highest BCUT2D eigenvalue weighted by atomic mass is 35.5. The number of nitrogens with two attached hydrogens (primary N) is 1. The van der Waals surface area contributed by atoms with Crippen LogP contribution in [0.4, 0.5) is 5.69 Å². The van der Waals surface area contributed by atoms with Crippen LogP contribution in [0.3, 0.4) is 0 Å². The monoisotopic (exact) mass is 279 g/mol. The standard InChI is InChI=1S/C14H14ClNOS/c1-10-13(16)6-3-7-14(10)18(17)9-11-4-2-5-12(15)8-11/h2-8H,9,16H2,1H3. The first-order chi connectivity index (χ1) is 8.58. The summed E-state index contributed by atoms with van der Waals surface area (Å²) < 4.78 is 12.3. The summed E-state index contributed by atoms with van der Waals surface area (Å²) in [5.41, 5.74) is 8.34. The molecule has 0 aliphatic carbocycles. The van der Waals surface area contributed by atoms with Gasteiger partial charge in [-0.2, -0.15) is 0 Å². The normalized spacial score (nSPS) is 12.3.